The van der Waals surface area contributed by atoms with E-state index in [1.165, 1.54) is 12.1 Å². The van der Waals surface area contributed by atoms with E-state index in [4.69, 9.17) is 0 Å². The number of aliphatic hydroxyl groups is 1. The third kappa shape index (κ3) is 1.67. The van der Waals surface area contributed by atoms with Gasteiger partial charge in [-0.2, -0.15) is 0 Å². The molecule has 1 N–H and O–H groups in total. The van der Waals surface area contributed by atoms with Crippen molar-refractivity contribution < 1.29 is 9.50 Å². The zero-order chi connectivity index (χ0) is 10.1. The predicted molar refractivity (Wildman–Crippen MR) is 53.5 cm³/mol. The van der Waals surface area contributed by atoms with Crippen LogP contribution >= 0.6 is 0 Å². The van der Waals surface area contributed by atoms with Gasteiger partial charge in [0.15, 0.2) is 0 Å². The normalized spacial score (nSPS) is 32.1. The van der Waals surface area contributed by atoms with E-state index in [0.29, 0.717) is 5.92 Å². The molecule has 0 radical (unpaired) electrons. The smallest absolute Gasteiger partial charge is 0.123 e. The van der Waals surface area contributed by atoms with Gasteiger partial charge in [0.2, 0.25) is 0 Å². The summed E-state index contributed by atoms with van der Waals surface area (Å²) < 4.78 is 12.7. The van der Waals surface area contributed by atoms with Crippen LogP contribution in [0.25, 0.3) is 0 Å². The third-order valence-electron chi connectivity index (χ3n) is 3.20. The van der Waals surface area contributed by atoms with Crippen molar-refractivity contribution in [3.05, 3.63) is 35.6 Å². The van der Waals surface area contributed by atoms with Crippen molar-refractivity contribution >= 4 is 0 Å². The monoisotopic (exact) mass is 194 g/mol. The number of halogens is 1. The molecule has 0 aromatic heterocycles. The van der Waals surface area contributed by atoms with E-state index in [-0.39, 0.29) is 17.8 Å². The molecular formula is C12H15FO. The summed E-state index contributed by atoms with van der Waals surface area (Å²) in [6.07, 6.45) is 1.67. The van der Waals surface area contributed by atoms with Crippen LogP contribution in [0.1, 0.15) is 31.2 Å². The van der Waals surface area contributed by atoms with Crippen LogP contribution in [0.15, 0.2) is 24.3 Å². The molecule has 1 fully saturated rings. The van der Waals surface area contributed by atoms with Crippen molar-refractivity contribution in [1.82, 2.24) is 0 Å². The Balaban J connectivity index is 2.25. The fourth-order valence-corrected chi connectivity index (χ4v) is 2.41. The second-order valence-electron chi connectivity index (χ2n) is 4.20. The number of rotatable bonds is 1. The predicted octanol–water partition coefficient (Wildman–Crippen LogP) is 2.70. The number of aliphatic hydroxyl groups excluding tert-OH is 1. The molecular weight excluding hydrogens is 179 g/mol. The van der Waals surface area contributed by atoms with Crippen molar-refractivity contribution in [1.29, 1.82) is 0 Å². The van der Waals surface area contributed by atoms with E-state index in [1.54, 1.807) is 12.1 Å². The van der Waals surface area contributed by atoms with E-state index < -0.39 is 0 Å². The van der Waals surface area contributed by atoms with Gasteiger partial charge in [0.25, 0.3) is 0 Å². The van der Waals surface area contributed by atoms with Crippen molar-refractivity contribution in [2.24, 2.45) is 5.92 Å². The molecule has 1 saturated carbocycles. The standard InChI is InChI=1S/C12H15FO/c1-8-2-7-11(14)12(8)9-3-5-10(13)6-4-9/h3-6,8,11-12,14H,2,7H2,1H3/t8-,11-,12-/m0/s1. The highest BCUT2D eigenvalue weighted by molar-refractivity contribution is 5.23. The van der Waals surface area contributed by atoms with Crippen molar-refractivity contribution in [3.8, 4) is 0 Å². The molecule has 1 aliphatic rings. The second-order valence-corrected chi connectivity index (χ2v) is 4.20. The molecule has 2 heteroatoms. The summed E-state index contributed by atoms with van der Waals surface area (Å²) in [5.74, 6) is 0.472. The van der Waals surface area contributed by atoms with E-state index in [9.17, 15) is 9.50 Å². The highest BCUT2D eigenvalue weighted by Crippen LogP contribution is 2.39. The van der Waals surface area contributed by atoms with E-state index >= 15 is 0 Å². The number of hydrogen-bond donors (Lipinski definition) is 1. The molecule has 1 aliphatic carbocycles. The van der Waals surface area contributed by atoms with Gasteiger partial charge in [-0.3, -0.25) is 0 Å². The van der Waals surface area contributed by atoms with E-state index in [2.05, 4.69) is 6.92 Å². The molecule has 0 saturated heterocycles. The Hall–Kier alpha value is -0.890. The summed E-state index contributed by atoms with van der Waals surface area (Å²) in [4.78, 5) is 0. The summed E-state index contributed by atoms with van der Waals surface area (Å²) in [5, 5.41) is 9.79. The fraction of sp³-hybridized carbons (Fsp3) is 0.500. The lowest BCUT2D eigenvalue weighted by molar-refractivity contribution is 0.156. The Morgan fingerprint density at radius 2 is 1.86 bits per heavy atom. The minimum Gasteiger partial charge on any atom is -0.392 e. The molecule has 76 valence electrons. The lowest BCUT2D eigenvalue weighted by Crippen LogP contribution is -2.15. The van der Waals surface area contributed by atoms with Crippen LogP contribution in [0.3, 0.4) is 0 Å². The average molecular weight is 194 g/mol. The average Bonchev–Trinajstić information content (AvgIpc) is 2.49. The zero-order valence-electron chi connectivity index (χ0n) is 8.28. The minimum absolute atomic E-state index is 0.190. The Kier molecular flexibility index (Phi) is 2.55. The second kappa shape index (κ2) is 3.70. The lowest BCUT2D eigenvalue weighted by atomic mass is 9.89. The van der Waals surface area contributed by atoms with Crippen molar-refractivity contribution in [3.63, 3.8) is 0 Å². The van der Waals surface area contributed by atoms with Crippen LogP contribution in [0.5, 0.6) is 0 Å². The molecule has 1 aromatic rings. The Bertz CT molecular complexity index is 297. The minimum atomic E-state index is -0.254. The van der Waals surface area contributed by atoms with E-state index in [0.717, 1.165) is 18.4 Å². The maximum Gasteiger partial charge on any atom is 0.123 e. The van der Waals surface area contributed by atoms with Crippen molar-refractivity contribution in [2.45, 2.75) is 31.8 Å². The maximum absolute atomic E-state index is 12.7. The Morgan fingerprint density at radius 1 is 1.21 bits per heavy atom. The molecule has 0 spiro atoms. The van der Waals surface area contributed by atoms with Gasteiger partial charge in [-0.1, -0.05) is 19.1 Å². The SMILES string of the molecule is C[C@H]1CC[C@H](O)[C@@H]1c1ccc(F)cc1. The summed E-state index contributed by atoms with van der Waals surface area (Å²) in [6.45, 7) is 2.14. The third-order valence-corrected chi connectivity index (χ3v) is 3.20. The molecule has 3 atom stereocenters. The molecule has 0 heterocycles. The topological polar surface area (TPSA) is 20.2 Å². The van der Waals surface area contributed by atoms with Gasteiger partial charge in [-0.25, -0.2) is 4.39 Å². The van der Waals surface area contributed by atoms with Gasteiger partial charge >= 0.3 is 0 Å². The van der Waals surface area contributed by atoms with Crippen LogP contribution in [-0.4, -0.2) is 11.2 Å². The van der Waals surface area contributed by atoms with Gasteiger partial charge in [-0.15, -0.1) is 0 Å². The van der Waals surface area contributed by atoms with E-state index in [1.807, 2.05) is 0 Å². The summed E-state index contributed by atoms with van der Waals surface area (Å²) in [7, 11) is 0. The largest absolute Gasteiger partial charge is 0.392 e. The maximum atomic E-state index is 12.7. The first-order valence-corrected chi connectivity index (χ1v) is 5.12. The van der Waals surface area contributed by atoms with Gasteiger partial charge < -0.3 is 5.11 Å². The quantitative estimate of drug-likeness (QED) is 0.728. The Labute approximate surface area is 83.6 Å². The highest BCUT2D eigenvalue weighted by atomic mass is 19.1. The molecule has 0 bridgehead atoms. The summed E-state index contributed by atoms with van der Waals surface area (Å²) >= 11 is 0. The number of hydrogen-bond acceptors (Lipinski definition) is 1. The first-order valence-electron chi connectivity index (χ1n) is 5.12. The summed E-state index contributed by atoms with van der Waals surface area (Å²) in [5.41, 5.74) is 1.06. The van der Waals surface area contributed by atoms with Crippen LogP contribution < -0.4 is 0 Å². The van der Waals surface area contributed by atoms with Gasteiger partial charge in [0, 0.05) is 5.92 Å². The molecule has 0 amide bonds. The molecule has 1 aromatic carbocycles. The molecule has 14 heavy (non-hydrogen) atoms. The molecule has 0 aliphatic heterocycles. The first-order chi connectivity index (χ1) is 6.68. The van der Waals surface area contributed by atoms with Crippen LogP contribution in [0, 0.1) is 11.7 Å². The lowest BCUT2D eigenvalue weighted by Gasteiger charge is -2.19. The summed E-state index contributed by atoms with van der Waals surface area (Å²) in [6, 6.07) is 6.50. The van der Waals surface area contributed by atoms with Gasteiger partial charge in [0.1, 0.15) is 5.82 Å². The first kappa shape index (κ1) is 9.66. The molecule has 1 nitrogen and oxygen atoms in total. The fourth-order valence-electron chi connectivity index (χ4n) is 2.41. The molecule has 0 unspecified atom stereocenters. The van der Waals surface area contributed by atoms with Gasteiger partial charge in [0.05, 0.1) is 6.10 Å². The van der Waals surface area contributed by atoms with Crippen molar-refractivity contribution in [2.75, 3.05) is 0 Å². The molecule has 2 rings (SSSR count). The Morgan fingerprint density at radius 3 is 2.36 bits per heavy atom. The van der Waals surface area contributed by atoms with Gasteiger partial charge in [-0.05, 0) is 36.5 Å². The highest BCUT2D eigenvalue weighted by Gasteiger charge is 2.32. The zero-order valence-corrected chi connectivity index (χ0v) is 8.28. The van der Waals surface area contributed by atoms with Crippen LogP contribution in [-0.2, 0) is 0 Å². The van der Waals surface area contributed by atoms with Crippen LogP contribution in [0.2, 0.25) is 0 Å². The number of benzene rings is 1. The van der Waals surface area contributed by atoms with Crippen LogP contribution in [0.4, 0.5) is 4.39 Å².